The molecule has 96 valence electrons. The van der Waals surface area contributed by atoms with Crippen LogP contribution in [-0.4, -0.2) is 11.1 Å². The number of hydrogen-bond donors (Lipinski definition) is 1. The first-order valence-electron chi connectivity index (χ1n) is 6.28. The largest absolute Gasteiger partial charge is 0.318 e. The number of nitrogens with one attached hydrogen (secondary N) is 1. The number of benzene rings is 1. The number of halogens is 1. The quantitative estimate of drug-likeness (QED) is 0.885. The zero-order chi connectivity index (χ0) is 13.1. The Labute approximate surface area is 114 Å². The predicted molar refractivity (Wildman–Crippen MR) is 77.6 cm³/mol. The summed E-state index contributed by atoms with van der Waals surface area (Å²) in [5, 5.41) is 4.14. The van der Waals surface area contributed by atoms with Gasteiger partial charge in [-0.05, 0) is 50.2 Å². The van der Waals surface area contributed by atoms with Gasteiger partial charge in [0.25, 0.3) is 0 Å². The van der Waals surface area contributed by atoms with Gasteiger partial charge in [0, 0.05) is 28.6 Å². The van der Waals surface area contributed by atoms with E-state index in [1.807, 2.05) is 18.2 Å². The molecular weight excluding hydrogens is 244 g/mol. The summed E-state index contributed by atoms with van der Waals surface area (Å²) in [5.74, 6) is 0. The Morgan fingerprint density at radius 3 is 2.67 bits per heavy atom. The van der Waals surface area contributed by atoms with Crippen molar-refractivity contribution in [1.29, 1.82) is 0 Å². The van der Waals surface area contributed by atoms with Crippen molar-refractivity contribution in [2.75, 3.05) is 6.54 Å². The van der Waals surface area contributed by atoms with Crippen molar-refractivity contribution in [3.8, 4) is 5.69 Å². The summed E-state index contributed by atoms with van der Waals surface area (Å²) in [6.07, 6.45) is 0. The van der Waals surface area contributed by atoms with E-state index >= 15 is 0 Å². The van der Waals surface area contributed by atoms with Gasteiger partial charge in [0.2, 0.25) is 0 Å². The van der Waals surface area contributed by atoms with Crippen molar-refractivity contribution in [3.05, 3.63) is 52.3 Å². The summed E-state index contributed by atoms with van der Waals surface area (Å²) in [4.78, 5) is 0. The highest BCUT2D eigenvalue weighted by Gasteiger charge is 2.10. The normalized spacial score (nSPS) is 10.9. The third-order valence-electron chi connectivity index (χ3n) is 3.17. The minimum absolute atomic E-state index is 0.772. The molecule has 18 heavy (non-hydrogen) atoms. The lowest BCUT2D eigenvalue weighted by atomic mass is 10.2. The predicted octanol–water partition coefficient (Wildman–Crippen LogP) is 3.86. The van der Waals surface area contributed by atoms with E-state index in [4.69, 9.17) is 11.6 Å². The third-order valence-corrected chi connectivity index (χ3v) is 3.40. The lowest BCUT2D eigenvalue weighted by molar-refractivity contribution is 0.722. The van der Waals surface area contributed by atoms with E-state index in [0.29, 0.717) is 0 Å². The van der Waals surface area contributed by atoms with Crippen LogP contribution in [0.25, 0.3) is 5.69 Å². The molecule has 2 aromatic rings. The standard InChI is InChI=1S/C15H19ClN2/c1-4-17-10-13-8-11(2)18(12(13)3)15-7-5-6-14(16)9-15/h5-9,17H,4,10H2,1-3H3. The molecule has 0 amide bonds. The van der Waals surface area contributed by atoms with Crippen LogP contribution in [0.4, 0.5) is 0 Å². The topological polar surface area (TPSA) is 17.0 Å². The summed E-state index contributed by atoms with van der Waals surface area (Å²) in [7, 11) is 0. The average molecular weight is 263 g/mol. The molecule has 0 atom stereocenters. The molecule has 0 fully saturated rings. The van der Waals surface area contributed by atoms with E-state index in [0.717, 1.165) is 23.8 Å². The molecule has 2 nitrogen and oxygen atoms in total. The molecule has 0 bridgehead atoms. The fourth-order valence-corrected chi connectivity index (χ4v) is 2.46. The van der Waals surface area contributed by atoms with Gasteiger partial charge in [-0.3, -0.25) is 0 Å². The minimum Gasteiger partial charge on any atom is -0.318 e. The summed E-state index contributed by atoms with van der Waals surface area (Å²) >= 11 is 6.06. The van der Waals surface area contributed by atoms with E-state index < -0.39 is 0 Å². The van der Waals surface area contributed by atoms with Crippen LogP contribution in [0.15, 0.2) is 30.3 Å². The van der Waals surface area contributed by atoms with Gasteiger partial charge in [0.05, 0.1) is 0 Å². The fraction of sp³-hybridized carbons (Fsp3) is 0.333. The van der Waals surface area contributed by atoms with Gasteiger partial charge in [-0.25, -0.2) is 0 Å². The monoisotopic (exact) mass is 262 g/mol. The molecule has 0 saturated carbocycles. The van der Waals surface area contributed by atoms with Crippen LogP contribution >= 0.6 is 11.6 Å². The van der Waals surface area contributed by atoms with Gasteiger partial charge in [-0.1, -0.05) is 24.6 Å². The molecule has 2 rings (SSSR count). The zero-order valence-electron chi connectivity index (χ0n) is 11.1. The molecule has 0 spiro atoms. The Morgan fingerprint density at radius 2 is 2.00 bits per heavy atom. The SMILES string of the molecule is CCNCc1cc(C)n(-c2cccc(Cl)c2)c1C. The minimum atomic E-state index is 0.772. The molecule has 0 aliphatic heterocycles. The molecule has 0 aliphatic rings. The second-order valence-corrected chi connectivity index (χ2v) is 4.93. The van der Waals surface area contributed by atoms with Gasteiger partial charge < -0.3 is 9.88 Å². The third kappa shape index (κ3) is 2.60. The number of hydrogen-bond acceptors (Lipinski definition) is 1. The number of aromatic nitrogens is 1. The highest BCUT2D eigenvalue weighted by atomic mass is 35.5. The Balaban J connectivity index is 2.42. The van der Waals surface area contributed by atoms with Gasteiger partial charge in [0.1, 0.15) is 0 Å². The number of rotatable bonds is 4. The van der Waals surface area contributed by atoms with Crippen LogP contribution in [0.1, 0.15) is 23.9 Å². The van der Waals surface area contributed by atoms with Crippen LogP contribution in [0.3, 0.4) is 0 Å². The van der Waals surface area contributed by atoms with Gasteiger partial charge in [0.15, 0.2) is 0 Å². The van der Waals surface area contributed by atoms with Crippen molar-refractivity contribution in [2.45, 2.75) is 27.3 Å². The van der Waals surface area contributed by atoms with Crippen molar-refractivity contribution >= 4 is 11.6 Å². The maximum Gasteiger partial charge on any atom is 0.0469 e. The van der Waals surface area contributed by atoms with Crippen molar-refractivity contribution in [1.82, 2.24) is 9.88 Å². The molecule has 1 heterocycles. The van der Waals surface area contributed by atoms with Gasteiger partial charge in [-0.2, -0.15) is 0 Å². The van der Waals surface area contributed by atoms with Crippen LogP contribution in [0, 0.1) is 13.8 Å². The molecule has 1 N–H and O–H groups in total. The summed E-state index contributed by atoms with van der Waals surface area (Å²) in [6.45, 7) is 8.30. The van der Waals surface area contributed by atoms with E-state index in [1.165, 1.54) is 17.0 Å². The van der Waals surface area contributed by atoms with Crippen molar-refractivity contribution in [2.24, 2.45) is 0 Å². The number of nitrogens with zero attached hydrogens (tertiary/aromatic N) is 1. The fourth-order valence-electron chi connectivity index (χ4n) is 2.28. The van der Waals surface area contributed by atoms with Crippen LogP contribution in [0.2, 0.25) is 5.02 Å². The molecular formula is C15H19ClN2. The van der Waals surface area contributed by atoms with E-state index in [9.17, 15) is 0 Å². The molecule has 0 saturated heterocycles. The summed E-state index contributed by atoms with van der Waals surface area (Å²) < 4.78 is 2.25. The highest BCUT2D eigenvalue weighted by Crippen LogP contribution is 2.22. The van der Waals surface area contributed by atoms with E-state index in [-0.39, 0.29) is 0 Å². The Kier molecular flexibility index (Phi) is 4.10. The first-order chi connectivity index (χ1) is 8.63. The lowest BCUT2D eigenvalue weighted by Gasteiger charge is -2.10. The molecule has 0 aliphatic carbocycles. The molecule has 3 heteroatoms. The smallest absolute Gasteiger partial charge is 0.0469 e. The Bertz CT molecular complexity index is 543. The Hall–Kier alpha value is -1.25. The van der Waals surface area contributed by atoms with E-state index in [1.54, 1.807) is 0 Å². The number of aryl methyl sites for hydroxylation is 1. The molecule has 0 unspecified atom stereocenters. The Morgan fingerprint density at radius 1 is 1.22 bits per heavy atom. The maximum atomic E-state index is 6.06. The lowest BCUT2D eigenvalue weighted by Crippen LogP contribution is -2.12. The zero-order valence-corrected chi connectivity index (χ0v) is 11.9. The van der Waals surface area contributed by atoms with Crippen LogP contribution in [0.5, 0.6) is 0 Å². The second kappa shape index (κ2) is 5.59. The summed E-state index contributed by atoms with van der Waals surface area (Å²) in [6, 6.07) is 10.2. The first-order valence-corrected chi connectivity index (χ1v) is 6.65. The average Bonchev–Trinajstić information content (AvgIpc) is 2.62. The van der Waals surface area contributed by atoms with Gasteiger partial charge >= 0.3 is 0 Å². The maximum absolute atomic E-state index is 6.06. The van der Waals surface area contributed by atoms with Crippen molar-refractivity contribution in [3.63, 3.8) is 0 Å². The van der Waals surface area contributed by atoms with Gasteiger partial charge in [-0.15, -0.1) is 0 Å². The van der Waals surface area contributed by atoms with Crippen LogP contribution in [-0.2, 0) is 6.54 Å². The first kappa shape index (κ1) is 13.2. The molecule has 1 aromatic carbocycles. The summed E-state index contributed by atoms with van der Waals surface area (Å²) in [5.41, 5.74) is 4.98. The highest BCUT2D eigenvalue weighted by molar-refractivity contribution is 6.30. The molecule has 0 radical (unpaired) electrons. The van der Waals surface area contributed by atoms with Crippen molar-refractivity contribution < 1.29 is 0 Å². The van der Waals surface area contributed by atoms with E-state index in [2.05, 4.69) is 42.8 Å². The second-order valence-electron chi connectivity index (χ2n) is 4.49. The van der Waals surface area contributed by atoms with Crippen LogP contribution < -0.4 is 5.32 Å². The molecule has 1 aromatic heterocycles.